The molecule has 2 nitrogen and oxygen atoms in total. The van der Waals surface area contributed by atoms with E-state index in [2.05, 4.69) is 72.9 Å². The average molecular weight is 349 g/mol. The molecule has 0 atom stereocenters. The maximum absolute atomic E-state index is 4.78. The van der Waals surface area contributed by atoms with Crippen LogP contribution in [0.1, 0.15) is 18.9 Å². The van der Waals surface area contributed by atoms with Crippen molar-refractivity contribution in [3.8, 4) is 0 Å². The predicted octanol–water partition coefficient (Wildman–Crippen LogP) is 6.51. The zero-order valence-corrected chi connectivity index (χ0v) is 15.0. The quantitative estimate of drug-likeness (QED) is 0.425. The molecule has 0 fully saturated rings. The van der Waals surface area contributed by atoms with Crippen molar-refractivity contribution in [2.24, 2.45) is 0 Å². The zero-order chi connectivity index (χ0) is 16.4. The molecule has 0 saturated carbocycles. The maximum atomic E-state index is 4.78. The topological polar surface area (TPSA) is 24.9 Å². The van der Waals surface area contributed by atoms with Crippen LogP contribution in [-0.2, 0) is 6.42 Å². The number of anilines is 2. The molecule has 0 aliphatic carbocycles. The summed E-state index contributed by atoms with van der Waals surface area (Å²) in [5.41, 5.74) is 5.64. The molecule has 1 aromatic heterocycles. The van der Waals surface area contributed by atoms with E-state index < -0.39 is 0 Å². The monoisotopic (exact) mass is 348 g/mol. The largest absolute Gasteiger partial charge is 0.354 e. The van der Waals surface area contributed by atoms with Crippen LogP contribution in [0, 0.1) is 0 Å². The van der Waals surface area contributed by atoms with Gasteiger partial charge in [0.1, 0.15) is 0 Å². The van der Waals surface area contributed by atoms with Gasteiger partial charge >= 0.3 is 0 Å². The Balaban J connectivity index is 0.00000182. The Hall–Kier alpha value is -2.58. The number of para-hydroxylation sites is 2. The van der Waals surface area contributed by atoms with Gasteiger partial charge < -0.3 is 5.32 Å². The number of benzene rings is 3. The van der Waals surface area contributed by atoms with Gasteiger partial charge in [0.05, 0.1) is 16.7 Å². The lowest BCUT2D eigenvalue weighted by Crippen LogP contribution is -1.95. The molecule has 1 heterocycles. The Labute approximate surface area is 154 Å². The van der Waals surface area contributed by atoms with Crippen molar-refractivity contribution in [3.05, 3.63) is 78.4 Å². The van der Waals surface area contributed by atoms with E-state index >= 15 is 0 Å². The summed E-state index contributed by atoms with van der Waals surface area (Å²) in [6.45, 7) is 2.21. The molecule has 4 aromatic rings. The van der Waals surface area contributed by atoms with E-state index in [1.54, 1.807) is 0 Å². The fourth-order valence-electron chi connectivity index (χ4n) is 3.16. The molecule has 0 amide bonds. The van der Waals surface area contributed by atoms with E-state index in [4.69, 9.17) is 4.98 Å². The van der Waals surface area contributed by atoms with Gasteiger partial charge in [0.25, 0.3) is 0 Å². The number of pyridine rings is 1. The number of aryl methyl sites for hydroxylation is 1. The van der Waals surface area contributed by atoms with Crippen LogP contribution in [-0.4, -0.2) is 4.98 Å². The Morgan fingerprint density at radius 2 is 1.32 bits per heavy atom. The first-order chi connectivity index (χ1) is 11.8. The minimum Gasteiger partial charge on any atom is -0.354 e. The van der Waals surface area contributed by atoms with Gasteiger partial charge in [0.2, 0.25) is 0 Å². The summed E-state index contributed by atoms with van der Waals surface area (Å²) >= 11 is 0. The van der Waals surface area contributed by atoms with Gasteiger partial charge in [0, 0.05) is 16.5 Å². The van der Waals surface area contributed by atoms with Gasteiger partial charge in [-0.1, -0.05) is 61.9 Å². The number of hydrogen-bond donors (Lipinski definition) is 1. The number of rotatable bonds is 4. The Morgan fingerprint density at radius 1 is 0.760 bits per heavy atom. The lowest BCUT2D eigenvalue weighted by molar-refractivity contribution is 0.922. The highest BCUT2D eigenvalue weighted by Gasteiger charge is 2.08. The van der Waals surface area contributed by atoms with Gasteiger partial charge in [-0.3, -0.25) is 0 Å². The second-order valence-electron chi connectivity index (χ2n) is 6.09. The molecule has 0 bridgehead atoms. The van der Waals surface area contributed by atoms with Gasteiger partial charge in [0.15, 0.2) is 0 Å². The summed E-state index contributed by atoms with van der Waals surface area (Å²) < 4.78 is 0. The van der Waals surface area contributed by atoms with Gasteiger partial charge in [-0.05, 0) is 36.2 Å². The number of hydrogen-bond acceptors (Lipinski definition) is 2. The summed E-state index contributed by atoms with van der Waals surface area (Å²) in [5, 5.41) is 5.91. The minimum atomic E-state index is 0. The molecule has 3 heteroatoms. The molecule has 126 valence electrons. The van der Waals surface area contributed by atoms with Crippen molar-refractivity contribution >= 4 is 45.6 Å². The van der Waals surface area contributed by atoms with E-state index in [-0.39, 0.29) is 12.4 Å². The van der Waals surface area contributed by atoms with Crippen molar-refractivity contribution in [3.63, 3.8) is 0 Å². The second kappa shape index (κ2) is 7.54. The van der Waals surface area contributed by atoms with Crippen LogP contribution in [0.3, 0.4) is 0 Å². The first-order valence-electron chi connectivity index (χ1n) is 8.48. The first-order valence-corrected chi connectivity index (χ1v) is 8.48. The Kier molecular flexibility index (Phi) is 5.20. The molecular formula is C22H21ClN2. The number of aromatic nitrogens is 1. The van der Waals surface area contributed by atoms with Gasteiger partial charge in [-0.15, -0.1) is 12.4 Å². The van der Waals surface area contributed by atoms with Crippen molar-refractivity contribution in [2.75, 3.05) is 5.32 Å². The molecule has 0 saturated heterocycles. The third kappa shape index (κ3) is 3.45. The van der Waals surface area contributed by atoms with Crippen LogP contribution in [0.25, 0.3) is 21.8 Å². The highest BCUT2D eigenvalue weighted by atomic mass is 35.5. The van der Waals surface area contributed by atoms with E-state index in [1.165, 1.54) is 12.0 Å². The van der Waals surface area contributed by atoms with E-state index in [0.29, 0.717) is 0 Å². The van der Waals surface area contributed by atoms with Crippen LogP contribution in [0.5, 0.6) is 0 Å². The summed E-state index contributed by atoms with van der Waals surface area (Å²) in [7, 11) is 0. The third-order valence-corrected chi connectivity index (χ3v) is 4.35. The number of nitrogens with zero attached hydrogens (tertiary/aromatic N) is 1. The normalized spacial score (nSPS) is 10.6. The molecule has 0 spiro atoms. The molecule has 3 aromatic carbocycles. The molecule has 0 aliphatic heterocycles. The van der Waals surface area contributed by atoms with Gasteiger partial charge in [-0.2, -0.15) is 0 Å². The molecule has 1 N–H and O–H groups in total. The smallest absolute Gasteiger partial charge is 0.0730 e. The zero-order valence-electron chi connectivity index (χ0n) is 14.2. The SMILES string of the molecule is CCCc1ccc(Nc2c3ccccc3nc3ccccc23)cc1.Cl. The summed E-state index contributed by atoms with van der Waals surface area (Å²) in [5.74, 6) is 0. The maximum Gasteiger partial charge on any atom is 0.0730 e. The molecule has 4 rings (SSSR count). The third-order valence-electron chi connectivity index (χ3n) is 4.35. The standard InChI is InChI=1S/C22H20N2.ClH/c1-2-7-16-12-14-17(15-13-16)23-22-18-8-3-5-10-20(18)24-21-11-6-4-9-19(21)22;/h3-6,8-15H,2,7H2,1H3,(H,23,24);1H. The molecule has 0 aliphatic rings. The predicted molar refractivity (Wildman–Crippen MR) is 110 cm³/mol. The second-order valence-corrected chi connectivity index (χ2v) is 6.09. The first kappa shape index (κ1) is 17.2. The summed E-state index contributed by atoms with van der Waals surface area (Å²) in [6, 6.07) is 25.3. The number of fused-ring (bicyclic) bond motifs is 2. The van der Waals surface area contributed by atoms with Crippen molar-refractivity contribution in [1.29, 1.82) is 0 Å². The van der Waals surface area contributed by atoms with Crippen LogP contribution >= 0.6 is 12.4 Å². The van der Waals surface area contributed by atoms with Crippen LogP contribution < -0.4 is 5.32 Å². The minimum absolute atomic E-state index is 0. The number of halogens is 1. The lowest BCUT2D eigenvalue weighted by Gasteiger charge is -2.13. The van der Waals surface area contributed by atoms with Crippen LogP contribution in [0.15, 0.2) is 72.8 Å². The van der Waals surface area contributed by atoms with Crippen molar-refractivity contribution < 1.29 is 0 Å². The Morgan fingerprint density at radius 3 is 1.88 bits per heavy atom. The van der Waals surface area contributed by atoms with Crippen molar-refractivity contribution in [1.82, 2.24) is 4.98 Å². The van der Waals surface area contributed by atoms with E-state index in [9.17, 15) is 0 Å². The van der Waals surface area contributed by atoms with Crippen LogP contribution in [0.4, 0.5) is 11.4 Å². The Bertz CT molecular complexity index is 940. The summed E-state index contributed by atoms with van der Waals surface area (Å²) in [4.78, 5) is 4.78. The molecule has 0 unspecified atom stereocenters. The molecular weight excluding hydrogens is 328 g/mol. The van der Waals surface area contributed by atoms with E-state index in [0.717, 1.165) is 39.6 Å². The fraction of sp³-hybridized carbons (Fsp3) is 0.136. The van der Waals surface area contributed by atoms with Crippen molar-refractivity contribution in [2.45, 2.75) is 19.8 Å². The molecule has 25 heavy (non-hydrogen) atoms. The fourth-order valence-corrected chi connectivity index (χ4v) is 3.16. The summed E-state index contributed by atoms with van der Waals surface area (Å²) in [6.07, 6.45) is 2.30. The van der Waals surface area contributed by atoms with E-state index in [1.807, 2.05) is 12.1 Å². The lowest BCUT2D eigenvalue weighted by atomic mass is 10.1. The van der Waals surface area contributed by atoms with Crippen LogP contribution in [0.2, 0.25) is 0 Å². The number of nitrogens with one attached hydrogen (secondary N) is 1. The highest BCUT2D eigenvalue weighted by molar-refractivity contribution is 6.08. The molecule has 0 radical (unpaired) electrons. The highest BCUT2D eigenvalue weighted by Crippen LogP contribution is 2.32. The van der Waals surface area contributed by atoms with Gasteiger partial charge in [-0.25, -0.2) is 4.98 Å². The average Bonchev–Trinajstić information content (AvgIpc) is 2.63.